The molecule has 0 aliphatic heterocycles. The minimum atomic E-state index is -0.277. The van der Waals surface area contributed by atoms with Crippen molar-refractivity contribution in [1.82, 2.24) is 9.97 Å². The Kier molecular flexibility index (Phi) is 4.91. The standard InChI is InChI=1S/C15H17FIN3/c1-9(2)7-12-13(17)15(18-3)20-14(19-12)10-5-4-6-11(16)8-10/h4-6,8-9H,7H2,1-3H3,(H,18,19,20). The molecule has 0 saturated heterocycles. The third-order valence-corrected chi connectivity index (χ3v) is 3.97. The molecule has 0 spiro atoms. The fourth-order valence-electron chi connectivity index (χ4n) is 1.94. The Morgan fingerprint density at radius 1 is 1.30 bits per heavy atom. The van der Waals surface area contributed by atoms with E-state index in [-0.39, 0.29) is 5.82 Å². The van der Waals surface area contributed by atoms with E-state index in [1.807, 2.05) is 13.1 Å². The lowest BCUT2D eigenvalue weighted by atomic mass is 10.1. The van der Waals surface area contributed by atoms with Crippen molar-refractivity contribution in [3.05, 3.63) is 39.3 Å². The molecule has 0 saturated carbocycles. The first-order chi connectivity index (χ1) is 9.51. The van der Waals surface area contributed by atoms with Gasteiger partial charge in [0.05, 0.1) is 9.26 Å². The fourth-order valence-corrected chi connectivity index (χ4v) is 2.67. The van der Waals surface area contributed by atoms with Gasteiger partial charge in [-0.3, -0.25) is 0 Å². The number of rotatable bonds is 4. The molecule has 1 aromatic heterocycles. The number of anilines is 1. The lowest BCUT2D eigenvalue weighted by Gasteiger charge is -2.12. The van der Waals surface area contributed by atoms with E-state index < -0.39 is 0 Å². The lowest BCUT2D eigenvalue weighted by molar-refractivity contribution is 0.627. The van der Waals surface area contributed by atoms with Gasteiger partial charge in [0.25, 0.3) is 0 Å². The molecule has 20 heavy (non-hydrogen) atoms. The first-order valence-corrected chi connectivity index (χ1v) is 7.59. The smallest absolute Gasteiger partial charge is 0.161 e. The Morgan fingerprint density at radius 2 is 2.05 bits per heavy atom. The molecule has 1 heterocycles. The van der Waals surface area contributed by atoms with Gasteiger partial charge >= 0.3 is 0 Å². The van der Waals surface area contributed by atoms with E-state index in [0.717, 1.165) is 21.5 Å². The topological polar surface area (TPSA) is 37.8 Å². The minimum Gasteiger partial charge on any atom is -0.372 e. The largest absolute Gasteiger partial charge is 0.372 e. The Hall–Kier alpha value is -1.24. The molecule has 106 valence electrons. The number of hydrogen-bond acceptors (Lipinski definition) is 3. The van der Waals surface area contributed by atoms with Gasteiger partial charge in [0, 0.05) is 12.6 Å². The average Bonchev–Trinajstić information content (AvgIpc) is 2.40. The Bertz CT molecular complexity index is 614. The normalized spacial score (nSPS) is 10.9. The van der Waals surface area contributed by atoms with Gasteiger partial charge in [0.15, 0.2) is 5.82 Å². The highest BCUT2D eigenvalue weighted by molar-refractivity contribution is 14.1. The van der Waals surface area contributed by atoms with Crippen molar-refractivity contribution in [1.29, 1.82) is 0 Å². The van der Waals surface area contributed by atoms with Gasteiger partial charge in [-0.1, -0.05) is 26.0 Å². The van der Waals surface area contributed by atoms with Crippen LogP contribution in [0.25, 0.3) is 11.4 Å². The van der Waals surface area contributed by atoms with E-state index in [4.69, 9.17) is 0 Å². The molecule has 0 fully saturated rings. The van der Waals surface area contributed by atoms with Crippen molar-refractivity contribution in [2.75, 3.05) is 12.4 Å². The maximum Gasteiger partial charge on any atom is 0.161 e. The van der Waals surface area contributed by atoms with E-state index in [1.165, 1.54) is 12.1 Å². The van der Waals surface area contributed by atoms with E-state index >= 15 is 0 Å². The number of benzene rings is 1. The molecule has 1 aromatic carbocycles. The molecular weight excluding hydrogens is 368 g/mol. The molecule has 0 amide bonds. The zero-order valence-electron chi connectivity index (χ0n) is 11.7. The summed E-state index contributed by atoms with van der Waals surface area (Å²) in [6.07, 6.45) is 0.873. The monoisotopic (exact) mass is 385 g/mol. The summed E-state index contributed by atoms with van der Waals surface area (Å²) in [4.78, 5) is 9.08. The van der Waals surface area contributed by atoms with Crippen LogP contribution in [-0.4, -0.2) is 17.0 Å². The molecule has 0 bridgehead atoms. The van der Waals surface area contributed by atoms with Crippen molar-refractivity contribution < 1.29 is 4.39 Å². The summed E-state index contributed by atoms with van der Waals surface area (Å²) in [5.41, 5.74) is 1.70. The SMILES string of the molecule is CNc1nc(-c2cccc(F)c2)nc(CC(C)C)c1I. The summed E-state index contributed by atoms with van der Waals surface area (Å²) < 4.78 is 14.4. The summed E-state index contributed by atoms with van der Waals surface area (Å²) in [6, 6.07) is 6.38. The van der Waals surface area contributed by atoms with Crippen LogP contribution in [0.2, 0.25) is 0 Å². The molecule has 0 atom stereocenters. The van der Waals surface area contributed by atoms with E-state index in [9.17, 15) is 4.39 Å². The first kappa shape index (κ1) is 15.2. The number of halogens is 2. The number of hydrogen-bond donors (Lipinski definition) is 1. The fraction of sp³-hybridized carbons (Fsp3) is 0.333. The summed E-state index contributed by atoms with van der Waals surface area (Å²) in [5, 5.41) is 3.08. The predicted molar refractivity (Wildman–Crippen MR) is 88.2 cm³/mol. The highest BCUT2D eigenvalue weighted by atomic mass is 127. The van der Waals surface area contributed by atoms with Crippen molar-refractivity contribution >= 4 is 28.4 Å². The maximum atomic E-state index is 13.4. The number of aromatic nitrogens is 2. The predicted octanol–water partition coefficient (Wildman–Crippen LogP) is 4.13. The molecule has 2 aromatic rings. The van der Waals surface area contributed by atoms with Crippen molar-refractivity contribution in [3.8, 4) is 11.4 Å². The van der Waals surface area contributed by atoms with Crippen LogP contribution in [-0.2, 0) is 6.42 Å². The zero-order valence-corrected chi connectivity index (χ0v) is 13.9. The number of nitrogens with one attached hydrogen (secondary N) is 1. The van der Waals surface area contributed by atoms with Gasteiger partial charge in [0.2, 0.25) is 0 Å². The van der Waals surface area contributed by atoms with Gasteiger partial charge in [-0.2, -0.15) is 0 Å². The van der Waals surface area contributed by atoms with E-state index in [2.05, 4.69) is 51.7 Å². The summed E-state index contributed by atoms with van der Waals surface area (Å²) >= 11 is 2.26. The molecular formula is C15H17FIN3. The van der Waals surface area contributed by atoms with E-state index in [1.54, 1.807) is 6.07 Å². The maximum absolute atomic E-state index is 13.4. The summed E-state index contributed by atoms with van der Waals surface area (Å²) in [6.45, 7) is 4.30. The van der Waals surface area contributed by atoms with Gasteiger partial charge in [-0.05, 0) is 47.1 Å². The first-order valence-electron chi connectivity index (χ1n) is 6.51. The molecule has 1 N–H and O–H groups in total. The van der Waals surface area contributed by atoms with E-state index in [0.29, 0.717) is 17.3 Å². The second-order valence-corrected chi connectivity index (χ2v) is 6.09. The third-order valence-electron chi connectivity index (χ3n) is 2.84. The second-order valence-electron chi connectivity index (χ2n) is 5.01. The van der Waals surface area contributed by atoms with Crippen molar-refractivity contribution in [3.63, 3.8) is 0 Å². The zero-order chi connectivity index (χ0) is 14.7. The molecule has 0 unspecified atom stereocenters. The molecule has 0 aliphatic rings. The van der Waals surface area contributed by atoms with Crippen LogP contribution in [0.4, 0.5) is 10.2 Å². The Labute approximate surface area is 132 Å². The van der Waals surface area contributed by atoms with Crippen LogP contribution in [0.15, 0.2) is 24.3 Å². The molecule has 3 nitrogen and oxygen atoms in total. The summed E-state index contributed by atoms with van der Waals surface area (Å²) in [7, 11) is 1.83. The van der Waals surface area contributed by atoms with Crippen LogP contribution >= 0.6 is 22.6 Å². The highest BCUT2D eigenvalue weighted by Gasteiger charge is 2.14. The molecule has 2 rings (SSSR count). The average molecular weight is 385 g/mol. The second kappa shape index (κ2) is 6.47. The van der Waals surface area contributed by atoms with Gasteiger partial charge in [0.1, 0.15) is 11.6 Å². The van der Waals surface area contributed by atoms with Crippen LogP contribution < -0.4 is 5.32 Å². The third kappa shape index (κ3) is 3.45. The van der Waals surface area contributed by atoms with Crippen LogP contribution in [0, 0.1) is 15.3 Å². The highest BCUT2D eigenvalue weighted by Crippen LogP contribution is 2.25. The lowest BCUT2D eigenvalue weighted by Crippen LogP contribution is -2.07. The summed E-state index contributed by atoms with van der Waals surface area (Å²) in [5.74, 6) is 1.57. The van der Waals surface area contributed by atoms with Crippen LogP contribution in [0.1, 0.15) is 19.5 Å². The van der Waals surface area contributed by atoms with Crippen molar-refractivity contribution in [2.24, 2.45) is 5.92 Å². The van der Waals surface area contributed by atoms with Crippen LogP contribution in [0.3, 0.4) is 0 Å². The van der Waals surface area contributed by atoms with Crippen molar-refractivity contribution in [2.45, 2.75) is 20.3 Å². The Balaban J connectivity index is 2.53. The molecule has 5 heteroatoms. The number of nitrogens with zero attached hydrogens (tertiary/aromatic N) is 2. The van der Waals surface area contributed by atoms with Gasteiger partial charge in [-0.25, -0.2) is 14.4 Å². The Morgan fingerprint density at radius 3 is 2.65 bits per heavy atom. The van der Waals surface area contributed by atoms with Crippen LogP contribution in [0.5, 0.6) is 0 Å². The quantitative estimate of drug-likeness (QED) is 0.805. The molecule has 0 radical (unpaired) electrons. The molecule has 0 aliphatic carbocycles. The van der Waals surface area contributed by atoms with Gasteiger partial charge < -0.3 is 5.32 Å². The minimum absolute atomic E-state index is 0.277. The van der Waals surface area contributed by atoms with Gasteiger partial charge in [-0.15, -0.1) is 0 Å².